The molecule has 8 heteroatoms. The molecule has 1 aromatic carbocycles. The zero-order valence-corrected chi connectivity index (χ0v) is 21.3. The molecular formula is C28H35N3O5. The van der Waals surface area contributed by atoms with Crippen molar-refractivity contribution in [1.29, 1.82) is 0 Å². The number of aliphatic hydroxyl groups excluding tert-OH is 1. The Morgan fingerprint density at radius 1 is 1.14 bits per heavy atom. The van der Waals surface area contributed by atoms with Crippen molar-refractivity contribution in [2.75, 3.05) is 46.0 Å². The molecule has 0 radical (unpaired) electrons. The van der Waals surface area contributed by atoms with Gasteiger partial charge in [0.1, 0.15) is 11.5 Å². The van der Waals surface area contributed by atoms with E-state index in [1.807, 2.05) is 13.0 Å². The summed E-state index contributed by atoms with van der Waals surface area (Å²) in [4.78, 5) is 34.4. The molecule has 1 unspecified atom stereocenters. The molecule has 2 aliphatic rings. The molecule has 1 atom stereocenters. The van der Waals surface area contributed by atoms with Gasteiger partial charge in [-0.25, -0.2) is 0 Å². The Morgan fingerprint density at radius 2 is 1.86 bits per heavy atom. The first kappa shape index (κ1) is 25.9. The van der Waals surface area contributed by atoms with E-state index in [2.05, 4.69) is 23.7 Å². The van der Waals surface area contributed by atoms with Crippen LogP contribution in [-0.2, 0) is 14.3 Å². The van der Waals surface area contributed by atoms with Crippen LogP contribution in [0.25, 0.3) is 5.76 Å². The Morgan fingerprint density at radius 3 is 2.53 bits per heavy atom. The molecule has 4 rings (SSSR count). The Bertz CT molecular complexity index is 1110. The molecule has 0 aliphatic carbocycles. The monoisotopic (exact) mass is 493 g/mol. The normalized spacial score (nSPS) is 20.3. The van der Waals surface area contributed by atoms with Crippen molar-refractivity contribution < 1.29 is 24.2 Å². The van der Waals surface area contributed by atoms with Crippen molar-refractivity contribution in [3.63, 3.8) is 0 Å². The number of hydrogen-bond donors (Lipinski definition) is 1. The SMILES string of the molecule is Cc1cc(OCC(C)C)ccc1/C(O)=C1\C(=O)C(=O)N(CCCN2CCOCC2)C1c1ccncc1. The molecule has 2 saturated heterocycles. The van der Waals surface area contributed by atoms with Gasteiger partial charge in [0.2, 0.25) is 0 Å². The Kier molecular flexibility index (Phi) is 8.38. The minimum atomic E-state index is -0.672. The van der Waals surface area contributed by atoms with Crippen molar-refractivity contribution in [3.8, 4) is 5.75 Å². The van der Waals surface area contributed by atoms with Gasteiger partial charge >= 0.3 is 0 Å². The minimum absolute atomic E-state index is 0.108. The summed E-state index contributed by atoms with van der Waals surface area (Å²) in [6, 6.07) is 8.27. The maximum Gasteiger partial charge on any atom is 0.295 e. The number of rotatable bonds is 9. The summed E-state index contributed by atoms with van der Waals surface area (Å²) >= 11 is 0. The topological polar surface area (TPSA) is 92.2 Å². The van der Waals surface area contributed by atoms with E-state index in [1.54, 1.807) is 41.6 Å². The molecule has 3 heterocycles. The summed E-state index contributed by atoms with van der Waals surface area (Å²) in [5, 5.41) is 11.4. The van der Waals surface area contributed by atoms with Crippen LogP contribution in [0.15, 0.2) is 48.3 Å². The van der Waals surface area contributed by atoms with Crippen molar-refractivity contribution in [2.24, 2.45) is 5.92 Å². The Labute approximate surface area is 212 Å². The number of pyridine rings is 1. The second kappa shape index (κ2) is 11.7. The number of morpholine rings is 1. The van der Waals surface area contributed by atoms with Crippen LogP contribution >= 0.6 is 0 Å². The van der Waals surface area contributed by atoms with Crippen molar-refractivity contribution in [1.82, 2.24) is 14.8 Å². The largest absolute Gasteiger partial charge is 0.507 e. The van der Waals surface area contributed by atoms with Crippen LogP contribution in [0.3, 0.4) is 0 Å². The molecule has 0 spiro atoms. The van der Waals surface area contributed by atoms with Crippen molar-refractivity contribution in [3.05, 3.63) is 65.0 Å². The summed E-state index contributed by atoms with van der Waals surface area (Å²) in [6.07, 6.45) is 3.99. The van der Waals surface area contributed by atoms with Gasteiger partial charge in [0.15, 0.2) is 0 Å². The van der Waals surface area contributed by atoms with Gasteiger partial charge in [0.25, 0.3) is 11.7 Å². The molecular weight excluding hydrogens is 458 g/mol. The fourth-order valence-corrected chi connectivity index (χ4v) is 4.69. The first-order chi connectivity index (χ1) is 17.4. The number of ether oxygens (including phenoxy) is 2. The van der Waals surface area contributed by atoms with Crippen molar-refractivity contribution >= 4 is 17.4 Å². The lowest BCUT2D eigenvalue weighted by Crippen LogP contribution is -2.38. The number of amides is 1. The van der Waals surface area contributed by atoms with Crippen LogP contribution in [-0.4, -0.2) is 77.6 Å². The van der Waals surface area contributed by atoms with Crippen LogP contribution in [0.5, 0.6) is 5.75 Å². The van der Waals surface area contributed by atoms with Crippen LogP contribution < -0.4 is 4.74 Å². The smallest absolute Gasteiger partial charge is 0.295 e. The van der Waals surface area contributed by atoms with Gasteiger partial charge in [-0.15, -0.1) is 0 Å². The summed E-state index contributed by atoms with van der Waals surface area (Å²) in [7, 11) is 0. The number of aryl methyl sites for hydroxylation is 1. The number of hydrogen-bond acceptors (Lipinski definition) is 7. The third kappa shape index (κ3) is 5.77. The highest BCUT2D eigenvalue weighted by Crippen LogP contribution is 2.40. The van der Waals surface area contributed by atoms with Gasteiger partial charge < -0.3 is 19.5 Å². The lowest BCUT2D eigenvalue weighted by Gasteiger charge is -2.29. The van der Waals surface area contributed by atoms with E-state index < -0.39 is 17.7 Å². The summed E-state index contributed by atoms with van der Waals surface area (Å²) < 4.78 is 11.2. The highest BCUT2D eigenvalue weighted by molar-refractivity contribution is 6.46. The quantitative estimate of drug-likeness (QED) is 0.324. The number of aromatic nitrogens is 1. The molecule has 192 valence electrons. The Hall–Kier alpha value is -3.23. The van der Waals surface area contributed by atoms with E-state index in [1.165, 1.54) is 0 Å². The number of nitrogens with zero attached hydrogens (tertiary/aromatic N) is 3. The van der Waals surface area contributed by atoms with Gasteiger partial charge in [-0.3, -0.25) is 19.5 Å². The summed E-state index contributed by atoms with van der Waals surface area (Å²) in [5.74, 6) is -0.334. The van der Waals surface area contributed by atoms with E-state index in [0.29, 0.717) is 43.6 Å². The Balaban J connectivity index is 1.63. The van der Waals surface area contributed by atoms with E-state index in [-0.39, 0.29) is 11.3 Å². The van der Waals surface area contributed by atoms with Crippen LogP contribution in [0.2, 0.25) is 0 Å². The second-order valence-electron chi connectivity index (χ2n) is 9.76. The molecule has 36 heavy (non-hydrogen) atoms. The van der Waals surface area contributed by atoms with E-state index in [4.69, 9.17) is 9.47 Å². The van der Waals surface area contributed by atoms with Crippen LogP contribution in [0.1, 0.15) is 43.0 Å². The predicted octanol–water partition coefficient (Wildman–Crippen LogP) is 3.57. The first-order valence-electron chi connectivity index (χ1n) is 12.6. The van der Waals surface area contributed by atoms with Gasteiger partial charge in [-0.1, -0.05) is 13.8 Å². The molecule has 0 bridgehead atoms. The number of likely N-dealkylation sites (tertiary alicyclic amines) is 1. The van der Waals surface area contributed by atoms with Crippen LogP contribution in [0, 0.1) is 12.8 Å². The highest BCUT2D eigenvalue weighted by atomic mass is 16.5. The standard InChI is InChI=1S/C28H35N3O5/c1-19(2)18-36-22-5-6-23(20(3)17-22)26(32)24-25(21-7-9-29-10-8-21)31(28(34)27(24)33)12-4-11-30-13-15-35-16-14-30/h5-10,17,19,25,32H,4,11-16,18H2,1-3H3/b26-24+. The molecule has 1 N–H and O–H groups in total. The third-order valence-corrected chi connectivity index (χ3v) is 6.58. The molecule has 2 fully saturated rings. The highest BCUT2D eigenvalue weighted by Gasteiger charge is 2.46. The first-order valence-corrected chi connectivity index (χ1v) is 12.6. The molecule has 0 saturated carbocycles. The minimum Gasteiger partial charge on any atom is -0.507 e. The fourth-order valence-electron chi connectivity index (χ4n) is 4.69. The van der Waals surface area contributed by atoms with Gasteiger partial charge in [-0.05, 0) is 60.7 Å². The summed E-state index contributed by atoms with van der Waals surface area (Å²) in [5.41, 5.74) is 2.13. The lowest BCUT2D eigenvalue weighted by atomic mass is 9.94. The van der Waals surface area contributed by atoms with Gasteiger partial charge in [0, 0.05) is 44.1 Å². The number of carbonyl (C=O) groups excluding carboxylic acids is 2. The number of aliphatic hydroxyl groups is 1. The number of benzene rings is 1. The second-order valence-corrected chi connectivity index (χ2v) is 9.76. The van der Waals surface area contributed by atoms with E-state index >= 15 is 0 Å². The predicted molar refractivity (Wildman–Crippen MR) is 137 cm³/mol. The van der Waals surface area contributed by atoms with E-state index in [9.17, 15) is 14.7 Å². The zero-order valence-electron chi connectivity index (χ0n) is 21.3. The van der Waals surface area contributed by atoms with Gasteiger partial charge in [0.05, 0.1) is 31.4 Å². The maximum atomic E-state index is 13.3. The van der Waals surface area contributed by atoms with Crippen LogP contribution in [0.4, 0.5) is 0 Å². The van der Waals surface area contributed by atoms with Crippen molar-refractivity contribution in [2.45, 2.75) is 33.2 Å². The molecule has 2 aliphatic heterocycles. The molecule has 1 aromatic heterocycles. The fraction of sp³-hybridized carbons (Fsp3) is 0.464. The summed E-state index contributed by atoms with van der Waals surface area (Å²) in [6.45, 7) is 11.0. The third-order valence-electron chi connectivity index (χ3n) is 6.58. The number of Topliss-reactive ketones (excluding diaryl/α,β-unsaturated/α-hetero) is 1. The lowest BCUT2D eigenvalue weighted by molar-refractivity contribution is -0.140. The average Bonchev–Trinajstić information content (AvgIpc) is 3.13. The zero-order chi connectivity index (χ0) is 25.7. The van der Waals surface area contributed by atoms with E-state index in [0.717, 1.165) is 37.2 Å². The van der Waals surface area contributed by atoms with Gasteiger partial charge in [-0.2, -0.15) is 0 Å². The molecule has 8 nitrogen and oxygen atoms in total. The number of ketones is 1. The molecule has 1 amide bonds. The number of carbonyl (C=O) groups is 2. The average molecular weight is 494 g/mol. The molecule has 2 aromatic rings. The maximum absolute atomic E-state index is 13.3.